The van der Waals surface area contributed by atoms with Crippen molar-refractivity contribution in [2.24, 2.45) is 11.8 Å². The number of rotatable bonds is 6. The number of aliphatic hydroxyl groups excluding tert-OH is 1. The molecule has 0 unspecified atom stereocenters. The van der Waals surface area contributed by atoms with Gasteiger partial charge < -0.3 is 14.3 Å². The fraction of sp³-hybridized carbons (Fsp3) is 0.342. The monoisotopic (exact) mass is 590 g/mol. The van der Waals surface area contributed by atoms with Crippen molar-refractivity contribution < 1.29 is 19.1 Å². The lowest BCUT2D eigenvalue weighted by Gasteiger charge is -2.43. The first-order chi connectivity index (χ1) is 20.8. The lowest BCUT2D eigenvalue weighted by Crippen LogP contribution is -2.66. The molecule has 0 bridgehead atoms. The van der Waals surface area contributed by atoms with Crippen molar-refractivity contribution in [3.05, 3.63) is 131 Å². The van der Waals surface area contributed by atoms with Crippen molar-refractivity contribution in [2.75, 3.05) is 6.61 Å². The molecule has 0 saturated carbocycles. The van der Waals surface area contributed by atoms with Gasteiger partial charge in [-0.1, -0.05) is 130 Å². The molecule has 5 heteroatoms. The van der Waals surface area contributed by atoms with Crippen LogP contribution in [0, 0.1) is 11.8 Å². The van der Waals surface area contributed by atoms with Gasteiger partial charge in [0.2, 0.25) is 0 Å². The first kappa shape index (κ1) is 29.6. The Balaban J connectivity index is 0.000000208. The smallest absolute Gasteiger partial charge is 0.306 e. The maximum absolute atomic E-state index is 11.0. The van der Waals surface area contributed by atoms with Crippen LogP contribution in [0.3, 0.4) is 0 Å². The number of carbonyl (C=O) groups is 1. The van der Waals surface area contributed by atoms with Gasteiger partial charge in [-0.25, -0.2) is 0 Å². The van der Waals surface area contributed by atoms with E-state index in [1.54, 1.807) is 0 Å². The minimum Gasteiger partial charge on any atom is -0.457 e. The van der Waals surface area contributed by atoms with E-state index in [9.17, 15) is 9.90 Å². The number of fused-ring (bicyclic) bond motifs is 4. The number of hydrogen-bond donors (Lipinski definition) is 1. The van der Waals surface area contributed by atoms with Crippen LogP contribution in [0.2, 0.25) is 5.04 Å². The highest BCUT2D eigenvalue weighted by atomic mass is 28.4. The van der Waals surface area contributed by atoms with Gasteiger partial charge in [-0.15, -0.1) is 0 Å². The molecular weight excluding hydrogens is 549 g/mol. The van der Waals surface area contributed by atoms with Crippen LogP contribution in [0.15, 0.2) is 109 Å². The number of benzene rings is 4. The highest BCUT2D eigenvalue weighted by Crippen LogP contribution is 2.45. The largest absolute Gasteiger partial charge is 0.457 e. The average molecular weight is 591 g/mol. The molecule has 4 aromatic rings. The molecule has 4 nitrogen and oxygen atoms in total. The van der Waals surface area contributed by atoms with Crippen LogP contribution < -0.4 is 10.4 Å². The second kappa shape index (κ2) is 12.2. The van der Waals surface area contributed by atoms with Crippen LogP contribution in [0.4, 0.5) is 0 Å². The van der Waals surface area contributed by atoms with Crippen LogP contribution in [-0.4, -0.2) is 26.0 Å². The minimum atomic E-state index is -2.50. The molecular formula is C38H42O4Si. The SMILES string of the molecule is CC(C)(C)[Si](OCC[C@H]1Cc2ccccc2[C@H]1O)(c1ccccc1)c1ccccc1.O=C1C[C@H]2Cc3ccccc3[C@H]2O1. The summed E-state index contributed by atoms with van der Waals surface area (Å²) in [6, 6.07) is 38.0. The minimum absolute atomic E-state index is 0.0209. The predicted octanol–water partition coefficient (Wildman–Crippen LogP) is 6.71. The number of carbonyl (C=O) groups excluding carboxylic acids is 1. The standard InChI is InChI=1S/C27H32O2Si.C11H10O2/c1-27(2,3)30(23-13-6-4-7-14-23,24-15-8-5-9-16-24)29-19-18-22-20-21-12-10-11-17-25(21)26(22)28;12-10-6-8-5-7-3-1-2-4-9(7)11(8)13-10/h4-17,22,26,28H,18-20H2,1-3H3;1-4,8,11H,5-6H2/t22-,26-;8-,11+/m01/s1. The van der Waals surface area contributed by atoms with Gasteiger partial charge in [0.1, 0.15) is 6.10 Å². The van der Waals surface area contributed by atoms with E-state index < -0.39 is 8.32 Å². The Morgan fingerprint density at radius 2 is 1.28 bits per heavy atom. The maximum Gasteiger partial charge on any atom is 0.306 e. The number of aliphatic hydroxyl groups is 1. The Bertz CT molecular complexity index is 1510. The van der Waals surface area contributed by atoms with Crippen molar-refractivity contribution in [3.8, 4) is 0 Å². The number of esters is 1. The van der Waals surface area contributed by atoms with Crippen LogP contribution in [0.25, 0.3) is 0 Å². The van der Waals surface area contributed by atoms with E-state index in [2.05, 4.69) is 112 Å². The van der Waals surface area contributed by atoms with E-state index in [1.165, 1.54) is 27.1 Å². The molecule has 1 fully saturated rings. The quantitative estimate of drug-likeness (QED) is 0.200. The topological polar surface area (TPSA) is 55.8 Å². The summed E-state index contributed by atoms with van der Waals surface area (Å²) >= 11 is 0. The first-order valence-electron chi connectivity index (χ1n) is 15.6. The molecule has 0 spiro atoms. The molecule has 3 aliphatic rings. The zero-order chi connectivity index (χ0) is 30.0. The lowest BCUT2D eigenvalue weighted by molar-refractivity contribution is -0.141. The van der Waals surface area contributed by atoms with Gasteiger partial charge in [0.25, 0.3) is 8.32 Å². The van der Waals surface area contributed by atoms with Gasteiger partial charge in [0.15, 0.2) is 0 Å². The number of hydrogen-bond acceptors (Lipinski definition) is 4. The Morgan fingerprint density at radius 3 is 1.86 bits per heavy atom. The van der Waals surface area contributed by atoms with Crippen LogP contribution in [0.5, 0.6) is 0 Å². The third kappa shape index (κ3) is 5.74. The van der Waals surface area contributed by atoms with Crippen molar-refractivity contribution in [1.29, 1.82) is 0 Å². The highest BCUT2D eigenvalue weighted by molar-refractivity contribution is 6.99. The summed E-state index contributed by atoms with van der Waals surface area (Å²) < 4.78 is 12.3. The van der Waals surface area contributed by atoms with Crippen LogP contribution >= 0.6 is 0 Å². The molecule has 0 radical (unpaired) electrons. The fourth-order valence-corrected chi connectivity index (χ4v) is 12.0. The van der Waals surface area contributed by atoms with Gasteiger partial charge in [0.05, 0.1) is 12.5 Å². The Hall–Kier alpha value is -3.51. The van der Waals surface area contributed by atoms with Crippen LogP contribution in [0.1, 0.15) is 68.1 Å². The summed E-state index contributed by atoms with van der Waals surface area (Å²) in [6.07, 6.45) is 3.07. The summed E-state index contributed by atoms with van der Waals surface area (Å²) in [6.45, 7) is 7.57. The van der Waals surface area contributed by atoms with E-state index in [0.717, 1.165) is 24.8 Å². The molecule has 222 valence electrons. The summed E-state index contributed by atoms with van der Waals surface area (Å²) in [5, 5.41) is 13.4. The molecule has 0 amide bonds. The Kier molecular flexibility index (Phi) is 8.41. The average Bonchev–Trinajstić information content (AvgIpc) is 3.65. The van der Waals surface area contributed by atoms with Gasteiger partial charge in [0, 0.05) is 12.5 Å². The van der Waals surface area contributed by atoms with Gasteiger partial charge in [-0.2, -0.15) is 0 Å². The molecule has 1 saturated heterocycles. The lowest BCUT2D eigenvalue weighted by atomic mass is 10.0. The summed E-state index contributed by atoms with van der Waals surface area (Å²) in [5.74, 6) is 0.593. The van der Waals surface area contributed by atoms with Gasteiger partial charge in [-0.3, -0.25) is 4.79 Å². The first-order valence-corrected chi connectivity index (χ1v) is 17.5. The number of ether oxygens (including phenoxy) is 1. The maximum atomic E-state index is 11.0. The van der Waals surface area contributed by atoms with Gasteiger partial charge >= 0.3 is 5.97 Å². The third-order valence-corrected chi connectivity index (χ3v) is 14.5. The zero-order valence-corrected chi connectivity index (χ0v) is 26.4. The molecule has 0 aromatic heterocycles. The molecule has 4 atom stereocenters. The molecule has 2 aliphatic carbocycles. The Morgan fingerprint density at radius 1 is 0.744 bits per heavy atom. The van der Waals surface area contributed by atoms with E-state index in [1.807, 2.05) is 18.2 Å². The van der Waals surface area contributed by atoms with E-state index in [-0.39, 0.29) is 29.1 Å². The normalized spacial score (nSPS) is 22.2. The predicted molar refractivity (Wildman–Crippen MR) is 174 cm³/mol. The van der Waals surface area contributed by atoms with E-state index in [0.29, 0.717) is 18.9 Å². The zero-order valence-electron chi connectivity index (χ0n) is 25.4. The summed E-state index contributed by atoms with van der Waals surface area (Å²) in [4.78, 5) is 11.0. The molecule has 4 aromatic carbocycles. The second-order valence-electron chi connectivity index (χ2n) is 13.2. The molecule has 1 aliphatic heterocycles. The van der Waals surface area contributed by atoms with Crippen molar-refractivity contribution >= 4 is 24.7 Å². The summed E-state index contributed by atoms with van der Waals surface area (Å²) in [5.41, 5.74) is 4.94. The third-order valence-electron chi connectivity index (χ3n) is 9.49. The fourth-order valence-electron chi connectivity index (χ4n) is 7.43. The van der Waals surface area contributed by atoms with Crippen molar-refractivity contribution in [1.82, 2.24) is 0 Å². The molecule has 1 N–H and O–H groups in total. The van der Waals surface area contributed by atoms with E-state index in [4.69, 9.17) is 9.16 Å². The Labute approximate surface area is 256 Å². The van der Waals surface area contributed by atoms with Gasteiger partial charge in [-0.05, 0) is 62.8 Å². The van der Waals surface area contributed by atoms with Crippen molar-refractivity contribution in [2.45, 2.75) is 63.7 Å². The second-order valence-corrected chi connectivity index (χ2v) is 17.5. The molecule has 43 heavy (non-hydrogen) atoms. The summed E-state index contributed by atoms with van der Waals surface area (Å²) in [7, 11) is -2.50. The molecule has 1 heterocycles. The van der Waals surface area contributed by atoms with E-state index >= 15 is 0 Å². The van der Waals surface area contributed by atoms with Crippen LogP contribution in [-0.2, 0) is 26.8 Å². The highest BCUT2D eigenvalue weighted by Gasteiger charge is 2.50. The van der Waals surface area contributed by atoms with Crippen molar-refractivity contribution in [3.63, 3.8) is 0 Å². The molecule has 7 rings (SSSR count).